The van der Waals surface area contributed by atoms with Gasteiger partial charge in [-0.1, -0.05) is 28.1 Å². The lowest BCUT2D eigenvalue weighted by Crippen LogP contribution is -2.05. The van der Waals surface area contributed by atoms with E-state index in [9.17, 15) is 4.79 Å². The second kappa shape index (κ2) is 6.96. The lowest BCUT2D eigenvalue weighted by molar-refractivity contribution is -0.137. The number of carboxylic acid groups (broad SMARTS) is 1. The van der Waals surface area contributed by atoms with Crippen LogP contribution in [0.5, 0.6) is 17.2 Å². The fourth-order valence-electron chi connectivity index (χ4n) is 1.53. The Hall–Kier alpha value is -2.01. The number of halogens is 1. The second-order valence-corrected chi connectivity index (χ2v) is 4.91. The van der Waals surface area contributed by atoms with Crippen molar-refractivity contribution in [2.75, 3.05) is 6.61 Å². The van der Waals surface area contributed by atoms with E-state index in [2.05, 4.69) is 15.9 Å². The number of rotatable bonds is 6. The van der Waals surface area contributed by atoms with Crippen molar-refractivity contribution in [2.45, 2.75) is 6.42 Å². The Bertz CT molecular complexity index is 581. The van der Waals surface area contributed by atoms with E-state index in [1.807, 2.05) is 36.4 Å². The van der Waals surface area contributed by atoms with Crippen LogP contribution in [0, 0.1) is 0 Å². The third-order valence-electron chi connectivity index (χ3n) is 2.46. The van der Waals surface area contributed by atoms with Crippen molar-refractivity contribution in [2.24, 2.45) is 0 Å². The molecular formula is C15H13BrO4. The topological polar surface area (TPSA) is 55.8 Å². The van der Waals surface area contributed by atoms with Gasteiger partial charge in [0.05, 0.1) is 13.0 Å². The van der Waals surface area contributed by atoms with E-state index >= 15 is 0 Å². The highest BCUT2D eigenvalue weighted by Crippen LogP contribution is 2.31. The molecule has 0 radical (unpaired) electrons. The summed E-state index contributed by atoms with van der Waals surface area (Å²) in [5, 5.41) is 8.61. The Kier molecular flexibility index (Phi) is 5.01. The van der Waals surface area contributed by atoms with Crippen LogP contribution in [0.15, 0.2) is 53.0 Å². The molecule has 0 saturated heterocycles. The molecule has 2 rings (SSSR count). The van der Waals surface area contributed by atoms with Gasteiger partial charge in [0, 0.05) is 4.47 Å². The zero-order valence-corrected chi connectivity index (χ0v) is 12.2. The predicted molar refractivity (Wildman–Crippen MR) is 78.4 cm³/mol. The Morgan fingerprint density at radius 2 is 1.70 bits per heavy atom. The lowest BCUT2D eigenvalue weighted by atomic mass is 10.3. The van der Waals surface area contributed by atoms with E-state index in [4.69, 9.17) is 14.6 Å². The maximum atomic E-state index is 10.5. The smallest absolute Gasteiger partial charge is 0.306 e. The molecule has 4 nitrogen and oxygen atoms in total. The SMILES string of the molecule is O=C(O)CCOc1ccccc1Oc1ccc(Br)cc1. The van der Waals surface area contributed by atoms with Gasteiger partial charge in [0.25, 0.3) is 0 Å². The van der Waals surface area contributed by atoms with Gasteiger partial charge in [0.1, 0.15) is 5.75 Å². The molecule has 0 heterocycles. The van der Waals surface area contributed by atoms with Crippen molar-refractivity contribution >= 4 is 21.9 Å². The Labute approximate surface area is 125 Å². The van der Waals surface area contributed by atoms with E-state index in [-0.39, 0.29) is 13.0 Å². The lowest BCUT2D eigenvalue weighted by Gasteiger charge is -2.11. The highest BCUT2D eigenvalue weighted by Gasteiger charge is 2.06. The number of benzene rings is 2. The van der Waals surface area contributed by atoms with Crippen LogP contribution in [-0.2, 0) is 4.79 Å². The minimum absolute atomic E-state index is 0.0490. The van der Waals surface area contributed by atoms with Gasteiger partial charge in [-0.25, -0.2) is 0 Å². The Morgan fingerprint density at radius 1 is 1.05 bits per heavy atom. The van der Waals surface area contributed by atoms with Gasteiger partial charge in [-0.3, -0.25) is 4.79 Å². The van der Waals surface area contributed by atoms with Gasteiger partial charge in [0.2, 0.25) is 0 Å². The molecule has 0 spiro atoms. The molecule has 0 atom stereocenters. The molecule has 2 aromatic rings. The molecule has 104 valence electrons. The van der Waals surface area contributed by atoms with Gasteiger partial charge >= 0.3 is 5.97 Å². The summed E-state index contributed by atoms with van der Waals surface area (Å²) in [5.74, 6) is 0.871. The molecule has 0 fully saturated rings. The van der Waals surface area contributed by atoms with Gasteiger partial charge in [-0.05, 0) is 36.4 Å². The van der Waals surface area contributed by atoms with Crippen molar-refractivity contribution in [1.82, 2.24) is 0 Å². The van der Waals surface area contributed by atoms with Crippen LogP contribution in [0.1, 0.15) is 6.42 Å². The highest BCUT2D eigenvalue weighted by atomic mass is 79.9. The average molecular weight is 337 g/mol. The largest absolute Gasteiger partial charge is 0.489 e. The molecular weight excluding hydrogens is 324 g/mol. The first-order valence-electron chi connectivity index (χ1n) is 6.02. The average Bonchev–Trinajstić information content (AvgIpc) is 2.43. The van der Waals surface area contributed by atoms with E-state index in [1.165, 1.54) is 0 Å². The van der Waals surface area contributed by atoms with E-state index in [1.54, 1.807) is 12.1 Å². The molecule has 2 aromatic carbocycles. The number of aliphatic carboxylic acids is 1. The molecule has 0 unspecified atom stereocenters. The van der Waals surface area contributed by atoms with Crippen LogP contribution in [0.25, 0.3) is 0 Å². The zero-order valence-electron chi connectivity index (χ0n) is 10.6. The van der Waals surface area contributed by atoms with Gasteiger partial charge < -0.3 is 14.6 Å². The maximum Gasteiger partial charge on any atom is 0.306 e. The van der Waals surface area contributed by atoms with Crippen LogP contribution in [0.4, 0.5) is 0 Å². The van der Waals surface area contributed by atoms with Crippen LogP contribution in [0.2, 0.25) is 0 Å². The molecule has 0 saturated carbocycles. The van der Waals surface area contributed by atoms with Gasteiger partial charge in [-0.15, -0.1) is 0 Å². The third-order valence-corrected chi connectivity index (χ3v) is 2.99. The first-order valence-corrected chi connectivity index (χ1v) is 6.81. The van der Waals surface area contributed by atoms with E-state index in [0.29, 0.717) is 17.2 Å². The van der Waals surface area contributed by atoms with Crippen LogP contribution in [-0.4, -0.2) is 17.7 Å². The Morgan fingerprint density at radius 3 is 2.35 bits per heavy atom. The van der Waals surface area contributed by atoms with Crippen molar-refractivity contribution < 1.29 is 19.4 Å². The monoisotopic (exact) mass is 336 g/mol. The summed E-state index contributed by atoms with van der Waals surface area (Å²) in [5.41, 5.74) is 0. The molecule has 0 bridgehead atoms. The summed E-state index contributed by atoms with van der Waals surface area (Å²) in [7, 11) is 0. The molecule has 0 aromatic heterocycles. The standard InChI is InChI=1S/C15H13BrO4/c16-11-5-7-12(8-6-11)20-14-4-2-1-3-13(14)19-10-9-15(17)18/h1-8H,9-10H2,(H,17,18). The minimum atomic E-state index is -0.892. The first kappa shape index (κ1) is 14.4. The van der Waals surface area contributed by atoms with Crippen LogP contribution < -0.4 is 9.47 Å². The Balaban J connectivity index is 2.07. The summed E-state index contributed by atoms with van der Waals surface area (Å²) in [4.78, 5) is 10.5. The summed E-state index contributed by atoms with van der Waals surface area (Å²) >= 11 is 3.36. The maximum absolute atomic E-state index is 10.5. The van der Waals surface area contributed by atoms with Crippen molar-refractivity contribution in [3.05, 3.63) is 53.0 Å². The van der Waals surface area contributed by atoms with Crippen LogP contribution in [0.3, 0.4) is 0 Å². The van der Waals surface area contributed by atoms with Crippen molar-refractivity contribution in [3.63, 3.8) is 0 Å². The summed E-state index contributed by atoms with van der Waals surface area (Å²) in [6.45, 7) is 0.107. The third kappa shape index (κ3) is 4.28. The number of carboxylic acids is 1. The van der Waals surface area contributed by atoms with Crippen molar-refractivity contribution in [3.8, 4) is 17.2 Å². The fraction of sp³-hybridized carbons (Fsp3) is 0.133. The second-order valence-electron chi connectivity index (χ2n) is 3.99. The summed E-state index contributed by atoms with van der Waals surface area (Å²) in [6.07, 6.45) is -0.0490. The normalized spacial score (nSPS) is 10.1. The molecule has 5 heteroatoms. The summed E-state index contributed by atoms with van der Waals surface area (Å²) < 4.78 is 12.1. The number of ether oxygens (including phenoxy) is 2. The van der Waals surface area contributed by atoms with Gasteiger partial charge in [-0.2, -0.15) is 0 Å². The van der Waals surface area contributed by atoms with E-state index in [0.717, 1.165) is 4.47 Å². The first-order chi connectivity index (χ1) is 9.65. The zero-order chi connectivity index (χ0) is 14.4. The number of para-hydroxylation sites is 2. The number of carbonyl (C=O) groups is 1. The summed E-state index contributed by atoms with van der Waals surface area (Å²) in [6, 6.07) is 14.6. The molecule has 0 aliphatic carbocycles. The highest BCUT2D eigenvalue weighted by molar-refractivity contribution is 9.10. The fourth-order valence-corrected chi connectivity index (χ4v) is 1.80. The number of hydrogen-bond acceptors (Lipinski definition) is 3. The quantitative estimate of drug-likeness (QED) is 0.862. The molecule has 0 amide bonds. The van der Waals surface area contributed by atoms with Crippen LogP contribution >= 0.6 is 15.9 Å². The molecule has 0 aliphatic heterocycles. The molecule has 0 aliphatic rings. The molecule has 1 N–H and O–H groups in total. The van der Waals surface area contributed by atoms with Crippen molar-refractivity contribution in [1.29, 1.82) is 0 Å². The number of hydrogen-bond donors (Lipinski definition) is 1. The van der Waals surface area contributed by atoms with E-state index < -0.39 is 5.97 Å². The molecule has 20 heavy (non-hydrogen) atoms. The minimum Gasteiger partial charge on any atom is -0.489 e. The predicted octanol–water partition coefficient (Wildman–Crippen LogP) is 4.09. The van der Waals surface area contributed by atoms with Gasteiger partial charge in [0.15, 0.2) is 11.5 Å².